The van der Waals surface area contributed by atoms with Crippen LogP contribution in [0.1, 0.15) is 30.0 Å². The van der Waals surface area contributed by atoms with E-state index in [-0.39, 0.29) is 24.2 Å². The second kappa shape index (κ2) is 9.13. The fourth-order valence-corrected chi connectivity index (χ4v) is 2.73. The molecule has 0 saturated carbocycles. The Bertz CT molecular complexity index is 742. The van der Waals surface area contributed by atoms with Crippen molar-refractivity contribution >= 4 is 11.8 Å². The molecule has 0 radical (unpaired) electrons. The molecule has 0 fully saturated rings. The highest BCUT2D eigenvalue weighted by atomic mass is 19.1. The van der Waals surface area contributed by atoms with Gasteiger partial charge in [0, 0.05) is 20.0 Å². The summed E-state index contributed by atoms with van der Waals surface area (Å²) in [6.45, 7) is 3.98. The third kappa shape index (κ3) is 5.41. The topological polar surface area (TPSA) is 49.4 Å². The molecule has 0 aliphatic heterocycles. The van der Waals surface area contributed by atoms with Gasteiger partial charge in [-0.3, -0.25) is 9.59 Å². The number of likely N-dealkylation sites (N-methyl/N-ethyl adjacent to an activating group) is 1. The third-order valence-electron chi connectivity index (χ3n) is 4.43. The summed E-state index contributed by atoms with van der Waals surface area (Å²) < 4.78 is 13.1. The van der Waals surface area contributed by atoms with Gasteiger partial charge in [-0.15, -0.1) is 0 Å². The van der Waals surface area contributed by atoms with E-state index >= 15 is 0 Å². The van der Waals surface area contributed by atoms with Crippen LogP contribution in [-0.4, -0.2) is 29.8 Å². The average Bonchev–Trinajstić information content (AvgIpc) is 2.65. The van der Waals surface area contributed by atoms with E-state index in [1.54, 1.807) is 31.0 Å². The number of carbonyl (C=O) groups is 2. The van der Waals surface area contributed by atoms with Crippen LogP contribution >= 0.6 is 0 Å². The minimum Gasteiger partial charge on any atom is -0.357 e. The molecular weight excluding hydrogens is 331 g/mol. The van der Waals surface area contributed by atoms with Crippen molar-refractivity contribution in [3.05, 3.63) is 71.0 Å². The van der Waals surface area contributed by atoms with Crippen LogP contribution in [0.15, 0.2) is 48.5 Å². The number of benzene rings is 2. The highest BCUT2D eigenvalue weighted by Crippen LogP contribution is 2.14. The molecule has 2 aromatic rings. The van der Waals surface area contributed by atoms with E-state index in [4.69, 9.17) is 0 Å². The van der Waals surface area contributed by atoms with Crippen LogP contribution in [0.5, 0.6) is 0 Å². The zero-order valence-electron chi connectivity index (χ0n) is 15.5. The zero-order chi connectivity index (χ0) is 19.1. The minimum atomic E-state index is -0.601. The molecule has 4 nitrogen and oxygen atoms in total. The van der Waals surface area contributed by atoms with Gasteiger partial charge in [0.2, 0.25) is 11.8 Å². The van der Waals surface area contributed by atoms with E-state index in [1.165, 1.54) is 17.7 Å². The quantitative estimate of drug-likeness (QED) is 0.828. The smallest absolute Gasteiger partial charge is 0.242 e. The summed E-state index contributed by atoms with van der Waals surface area (Å²) in [4.78, 5) is 26.4. The van der Waals surface area contributed by atoms with Crippen molar-refractivity contribution in [3.8, 4) is 0 Å². The number of rotatable bonds is 7. The predicted molar refractivity (Wildman–Crippen MR) is 100.0 cm³/mol. The molecule has 5 heteroatoms. The zero-order valence-corrected chi connectivity index (χ0v) is 15.5. The van der Waals surface area contributed by atoms with Crippen LogP contribution in [0.25, 0.3) is 0 Å². The number of aryl methyl sites for hydroxylation is 2. The van der Waals surface area contributed by atoms with Crippen LogP contribution in [0, 0.1) is 12.7 Å². The average molecular weight is 356 g/mol. The Hall–Kier alpha value is -2.69. The van der Waals surface area contributed by atoms with Crippen molar-refractivity contribution in [3.63, 3.8) is 0 Å². The highest BCUT2D eigenvalue weighted by Gasteiger charge is 2.25. The molecule has 0 heterocycles. The number of amides is 2. The molecule has 0 saturated heterocycles. The molecule has 0 aliphatic carbocycles. The molecule has 1 N–H and O–H groups in total. The molecule has 0 aliphatic rings. The first-order chi connectivity index (χ1) is 12.4. The minimum absolute atomic E-state index is 0.106. The number of nitrogens with one attached hydrogen (secondary N) is 1. The van der Waals surface area contributed by atoms with Gasteiger partial charge < -0.3 is 10.2 Å². The van der Waals surface area contributed by atoms with Gasteiger partial charge in [0.1, 0.15) is 11.9 Å². The van der Waals surface area contributed by atoms with Crippen LogP contribution < -0.4 is 5.32 Å². The summed E-state index contributed by atoms with van der Waals surface area (Å²) in [5.41, 5.74) is 3.04. The van der Waals surface area contributed by atoms with Crippen LogP contribution in [-0.2, 0) is 22.6 Å². The summed E-state index contributed by atoms with van der Waals surface area (Å²) in [6, 6.07) is 13.4. The second-order valence-corrected chi connectivity index (χ2v) is 6.42. The van der Waals surface area contributed by atoms with E-state index in [9.17, 15) is 14.0 Å². The Morgan fingerprint density at radius 1 is 1.04 bits per heavy atom. The monoisotopic (exact) mass is 356 g/mol. The molecule has 26 heavy (non-hydrogen) atoms. The Morgan fingerprint density at radius 2 is 1.62 bits per heavy atom. The van der Waals surface area contributed by atoms with Crippen molar-refractivity contribution in [1.82, 2.24) is 10.2 Å². The first kappa shape index (κ1) is 19.6. The van der Waals surface area contributed by atoms with E-state index in [0.717, 1.165) is 11.1 Å². The lowest BCUT2D eigenvalue weighted by atomic mass is 10.1. The van der Waals surface area contributed by atoms with Gasteiger partial charge in [-0.2, -0.15) is 0 Å². The normalized spacial score (nSPS) is 11.7. The van der Waals surface area contributed by atoms with Gasteiger partial charge in [0.05, 0.1) is 0 Å². The SMILES string of the molecule is CNC(=O)[C@@H](C)N(Cc1ccc(F)cc1)C(=O)CCc1ccc(C)cc1. The maximum atomic E-state index is 13.1. The van der Waals surface area contributed by atoms with Crippen molar-refractivity contribution < 1.29 is 14.0 Å². The molecule has 138 valence electrons. The van der Waals surface area contributed by atoms with Crippen LogP contribution in [0.3, 0.4) is 0 Å². The number of halogens is 1. The Balaban J connectivity index is 2.10. The van der Waals surface area contributed by atoms with E-state index < -0.39 is 6.04 Å². The van der Waals surface area contributed by atoms with Crippen molar-refractivity contribution in [2.24, 2.45) is 0 Å². The lowest BCUT2D eigenvalue weighted by Gasteiger charge is -2.28. The summed E-state index contributed by atoms with van der Waals surface area (Å²) in [6.07, 6.45) is 0.922. The van der Waals surface area contributed by atoms with Gasteiger partial charge in [0.15, 0.2) is 0 Å². The largest absolute Gasteiger partial charge is 0.357 e. The van der Waals surface area contributed by atoms with Gasteiger partial charge in [-0.1, -0.05) is 42.0 Å². The Kier molecular flexibility index (Phi) is 6.89. The van der Waals surface area contributed by atoms with Gasteiger partial charge >= 0.3 is 0 Å². The number of hydrogen-bond donors (Lipinski definition) is 1. The molecule has 2 rings (SSSR count). The van der Waals surface area contributed by atoms with Crippen LogP contribution in [0.2, 0.25) is 0 Å². The van der Waals surface area contributed by atoms with Crippen LogP contribution in [0.4, 0.5) is 4.39 Å². The van der Waals surface area contributed by atoms with Gasteiger partial charge in [-0.05, 0) is 43.5 Å². The maximum absolute atomic E-state index is 13.1. The second-order valence-electron chi connectivity index (χ2n) is 6.42. The fourth-order valence-electron chi connectivity index (χ4n) is 2.73. The predicted octanol–water partition coefficient (Wildman–Crippen LogP) is 3.23. The molecule has 2 amide bonds. The maximum Gasteiger partial charge on any atom is 0.242 e. The summed E-state index contributed by atoms with van der Waals surface area (Å²) in [5.74, 6) is -0.660. The number of carbonyl (C=O) groups excluding carboxylic acids is 2. The Morgan fingerprint density at radius 3 is 2.19 bits per heavy atom. The molecular formula is C21H25FN2O2. The van der Waals surface area contributed by atoms with E-state index in [1.807, 2.05) is 31.2 Å². The molecule has 0 spiro atoms. The molecule has 2 aromatic carbocycles. The number of hydrogen-bond acceptors (Lipinski definition) is 2. The lowest BCUT2D eigenvalue weighted by molar-refractivity contribution is -0.140. The first-order valence-corrected chi connectivity index (χ1v) is 8.71. The third-order valence-corrected chi connectivity index (χ3v) is 4.43. The highest BCUT2D eigenvalue weighted by molar-refractivity contribution is 5.87. The van der Waals surface area contributed by atoms with Crippen molar-refractivity contribution in [2.75, 3.05) is 7.05 Å². The Labute approximate surface area is 154 Å². The van der Waals surface area contributed by atoms with E-state index in [0.29, 0.717) is 12.8 Å². The number of nitrogens with zero attached hydrogens (tertiary/aromatic N) is 1. The molecule has 0 aromatic heterocycles. The molecule has 1 atom stereocenters. The molecule has 0 unspecified atom stereocenters. The lowest BCUT2D eigenvalue weighted by Crippen LogP contribution is -2.46. The van der Waals surface area contributed by atoms with E-state index in [2.05, 4.69) is 5.32 Å². The summed E-state index contributed by atoms with van der Waals surface area (Å²) in [7, 11) is 1.55. The first-order valence-electron chi connectivity index (χ1n) is 8.71. The molecule has 0 bridgehead atoms. The van der Waals surface area contributed by atoms with Crippen molar-refractivity contribution in [2.45, 2.75) is 39.3 Å². The standard InChI is InChI=1S/C21H25FN2O2/c1-15-4-6-17(7-5-15)10-13-20(25)24(16(2)21(26)23-3)14-18-8-11-19(22)12-9-18/h4-9,11-12,16H,10,13-14H2,1-3H3,(H,23,26)/t16-/m1/s1. The summed E-state index contributed by atoms with van der Waals surface area (Å²) >= 11 is 0. The van der Waals surface area contributed by atoms with Gasteiger partial charge in [0.25, 0.3) is 0 Å². The van der Waals surface area contributed by atoms with Crippen molar-refractivity contribution in [1.29, 1.82) is 0 Å². The fraction of sp³-hybridized carbons (Fsp3) is 0.333. The van der Waals surface area contributed by atoms with Gasteiger partial charge in [-0.25, -0.2) is 4.39 Å². The summed E-state index contributed by atoms with van der Waals surface area (Å²) in [5, 5.41) is 2.58.